The van der Waals surface area contributed by atoms with E-state index in [0.29, 0.717) is 18.4 Å². The number of piperidine rings is 1. The van der Waals surface area contributed by atoms with Crippen molar-refractivity contribution in [3.05, 3.63) is 30.1 Å². The molecular weight excluding hydrogens is 294 g/mol. The monoisotopic (exact) mass is 315 g/mol. The lowest BCUT2D eigenvalue weighted by Crippen LogP contribution is -2.53. The SMILES string of the molecule is CC1CCC(C(=O)O)C(C)N1C(=O)c1ccc2c(c1)ncn2C. The van der Waals surface area contributed by atoms with Crippen molar-refractivity contribution in [3.8, 4) is 0 Å². The predicted octanol–water partition coefficient (Wildman–Crippen LogP) is 2.29. The Morgan fingerprint density at radius 1 is 1.26 bits per heavy atom. The third-order valence-electron chi connectivity index (χ3n) is 4.92. The first-order chi connectivity index (χ1) is 10.9. The fourth-order valence-corrected chi connectivity index (χ4v) is 3.53. The van der Waals surface area contributed by atoms with Gasteiger partial charge in [-0.2, -0.15) is 0 Å². The summed E-state index contributed by atoms with van der Waals surface area (Å²) in [7, 11) is 1.91. The van der Waals surface area contributed by atoms with Crippen molar-refractivity contribution in [2.45, 2.75) is 38.8 Å². The maximum atomic E-state index is 12.9. The zero-order valence-corrected chi connectivity index (χ0v) is 13.6. The lowest BCUT2D eigenvalue weighted by molar-refractivity contribution is -0.145. The highest BCUT2D eigenvalue weighted by Crippen LogP contribution is 2.30. The van der Waals surface area contributed by atoms with Crippen LogP contribution in [0.1, 0.15) is 37.0 Å². The molecule has 1 aromatic carbocycles. The van der Waals surface area contributed by atoms with Gasteiger partial charge in [0.1, 0.15) is 0 Å². The normalized spacial score (nSPS) is 24.8. The van der Waals surface area contributed by atoms with E-state index in [1.165, 1.54) is 0 Å². The minimum atomic E-state index is -0.831. The van der Waals surface area contributed by atoms with Gasteiger partial charge in [-0.3, -0.25) is 9.59 Å². The number of carbonyl (C=O) groups excluding carboxylic acids is 1. The van der Waals surface area contributed by atoms with Crippen LogP contribution >= 0.6 is 0 Å². The molecule has 6 heteroatoms. The third kappa shape index (κ3) is 2.58. The third-order valence-corrected chi connectivity index (χ3v) is 4.92. The number of nitrogens with zero attached hydrogens (tertiary/aromatic N) is 3. The van der Waals surface area contributed by atoms with Crippen molar-refractivity contribution in [1.82, 2.24) is 14.5 Å². The number of hydrogen-bond donors (Lipinski definition) is 1. The van der Waals surface area contributed by atoms with Crippen LogP contribution in [0.25, 0.3) is 11.0 Å². The zero-order valence-electron chi connectivity index (χ0n) is 13.6. The van der Waals surface area contributed by atoms with Crippen molar-refractivity contribution >= 4 is 22.9 Å². The standard InChI is InChI=1S/C17H21N3O3/c1-10-4-6-13(17(22)23)11(2)20(10)16(21)12-5-7-15-14(8-12)18-9-19(15)3/h5,7-11,13H,4,6H2,1-3H3,(H,22,23). The zero-order chi connectivity index (χ0) is 16.7. The van der Waals surface area contributed by atoms with Gasteiger partial charge in [0.15, 0.2) is 0 Å². The molecule has 0 spiro atoms. The minimum Gasteiger partial charge on any atom is -0.481 e. The van der Waals surface area contributed by atoms with Crippen LogP contribution in [0.5, 0.6) is 0 Å². The first-order valence-corrected chi connectivity index (χ1v) is 7.86. The summed E-state index contributed by atoms with van der Waals surface area (Å²) in [5, 5.41) is 9.36. The Labute approximate surface area is 134 Å². The molecule has 1 saturated heterocycles. The summed E-state index contributed by atoms with van der Waals surface area (Å²) < 4.78 is 1.90. The largest absolute Gasteiger partial charge is 0.481 e. The highest BCUT2D eigenvalue weighted by atomic mass is 16.4. The molecule has 1 aliphatic heterocycles. The second-order valence-electron chi connectivity index (χ2n) is 6.38. The van der Waals surface area contributed by atoms with Crippen LogP contribution in [0.15, 0.2) is 24.5 Å². The van der Waals surface area contributed by atoms with Crippen molar-refractivity contribution in [1.29, 1.82) is 0 Å². The number of aromatic nitrogens is 2. The van der Waals surface area contributed by atoms with Crippen molar-refractivity contribution in [2.24, 2.45) is 13.0 Å². The summed E-state index contributed by atoms with van der Waals surface area (Å²) in [6, 6.07) is 5.16. The summed E-state index contributed by atoms with van der Waals surface area (Å²) in [6.07, 6.45) is 3.03. The molecule has 3 unspecified atom stereocenters. The van der Waals surface area contributed by atoms with E-state index in [9.17, 15) is 14.7 Å². The maximum absolute atomic E-state index is 12.9. The number of carboxylic acids is 1. The lowest BCUT2D eigenvalue weighted by Gasteiger charge is -2.42. The fraction of sp³-hybridized carbons (Fsp3) is 0.471. The molecule has 3 rings (SSSR count). The van der Waals surface area contributed by atoms with Crippen LogP contribution in [-0.2, 0) is 11.8 Å². The van der Waals surface area contributed by atoms with Crippen LogP contribution < -0.4 is 0 Å². The molecule has 1 aliphatic rings. The van der Waals surface area contributed by atoms with Crippen molar-refractivity contribution < 1.29 is 14.7 Å². The van der Waals surface area contributed by atoms with Crippen molar-refractivity contribution in [3.63, 3.8) is 0 Å². The number of aryl methyl sites for hydroxylation is 1. The van der Waals surface area contributed by atoms with E-state index < -0.39 is 11.9 Å². The van der Waals surface area contributed by atoms with E-state index in [1.807, 2.05) is 31.5 Å². The van der Waals surface area contributed by atoms with E-state index in [2.05, 4.69) is 4.98 Å². The molecule has 1 fully saturated rings. The van der Waals surface area contributed by atoms with E-state index in [-0.39, 0.29) is 18.0 Å². The van der Waals surface area contributed by atoms with E-state index in [4.69, 9.17) is 0 Å². The van der Waals surface area contributed by atoms with Gasteiger partial charge in [0.25, 0.3) is 5.91 Å². The molecule has 23 heavy (non-hydrogen) atoms. The number of carbonyl (C=O) groups is 2. The van der Waals surface area contributed by atoms with Gasteiger partial charge in [-0.05, 0) is 44.9 Å². The van der Waals surface area contributed by atoms with Crippen molar-refractivity contribution in [2.75, 3.05) is 0 Å². The molecule has 0 aliphatic carbocycles. The second-order valence-corrected chi connectivity index (χ2v) is 6.38. The number of hydrogen-bond acceptors (Lipinski definition) is 3. The Kier molecular flexibility index (Phi) is 3.83. The van der Waals surface area contributed by atoms with Crippen LogP contribution in [-0.4, -0.2) is 43.5 Å². The first-order valence-electron chi connectivity index (χ1n) is 7.86. The van der Waals surface area contributed by atoms with Gasteiger partial charge in [0.2, 0.25) is 0 Å². The minimum absolute atomic E-state index is 0.0347. The summed E-state index contributed by atoms with van der Waals surface area (Å²) in [6.45, 7) is 3.80. The Morgan fingerprint density at radius 2 is 2.00 bits per heavy atom. The highest BCUT2D eigenvalue weighted by Gasteiger charge is 2.39. The number of benzene rings is 1. The molecule has 1 N–H and O–H groups in total. The topological polar surface area (TPSA) is 75.4 Å². The highest BCUT2D eigenvalue weighted by molar-refractivity contribution is 5.98. The number of fused-ring (bicyclic) bond motifs is 1. The van der Waals surface area contributed by atoms with Crippen LogP contribution in [0.2, 0.25) is 0 Å². The van der Waals surface area contributed by atoms with Gasteiger partial charge >= 0.3 is 5.97 Å². The molecule has 0 bridgehead atoms. The number of amides is 1. The number of likely N-dealkylation sites (tertiary alicyclic amines) is 1. The summed E-state index contributed by atoms with van der Waals surface area (Å²) in [5.74, 6) is -1.46. The quantitative estimate of drug-likeness (QED) is 0.922. The van der Waals surface area contributed by atoms with Gasteiger partial charge in [-0.1, -0.05) is 0 Å². The van der Waals surface area contributed by atoms with E-state index in [0.717, 1.165) is 11.0 Å². The lowest BCUT2D eigenvalue weighted by atomic mass is 9.86. The maximum Gasteiger partial charge on any atom is 0.308 e. The van der Waals surface area contributed by atoms with Crippen LogP contribution in [0.4, 0.5) is 0 Å². The molecule has 1 amide bonds. The Bertz CT molecular complexity index is 768. The van der Waals surface area contributed by atoms with Gasteiger partial charge in [0, 0.05) is 24.7 Å². The molecular formula is C17H21N3O3. The number of imidazole rings is 1. The van der Waals surface area contributed by atoms with Gasteiger partial charge in [0.05, 0.1) is 23.3 Å². The smallest absolute Gasteiger partial charge is 0.308 e. The second kappa shape index (κ2) is 5.68. The van der Waals surface area contributed by atoms with Crippen LogP contribution in [0, 0.1) is 5.92 Å². The molecule has 1 aromatic heterocycles. The Hall–Kier alpha value is -2.37. The molecule has 0 saturated carbocycles. The first kappa shape index (κ1) is 15.5. The summed E-state index contributed by atoms with van der Waals surface area (Å²) in [4.78, 5) is 30.3. The predicted molar refractivity (Wildman–Crippen MR) is 86.2 cm³/mol. The Morgan fingerprint density at radius 3 is 2.70 bits per heavy atom. The van der Waals surface area contributed by atoms with Gasteiger partial charge < -0.3 is 14.6 Å². The van der Waals surface area contributed by atoms with Gasteiger partial charge in [-0.15, -0.1) is 0 Å². The van der Waals surface area contributed by atoms with E-state index >= 15 is 0 Å². The van der Waals surface area contributed by atoms with E-state index in [1.54, 1.807) is 23.4 Å². The molecule has 3 atom stereocenters. The van der Waals surface area contributed by atoms with Gasteiger partial charge in [-0.25, -0.2) is 4.98 Å². The summed E-state index contributed by atoms with van der Waals surface area (Å²) >= 11 is 0. The molecule has 2 heterocycles. The molecule has 122 valence electrons. The number of carboxylic acid groups (broad SMARTS) is 1. The fourth-order valence-electron chi connectivity index (χ4n) is 3.53. The van der Waals surface area contributed by atoms with Crippen LogP contribution in [0.3, 0.4) is 0 Å². The molecule has 2 aromatic rings. The number of rotatable bonds is 2. The molecule has 0 radical (unpaired) electrons. The average Bonchev–Trinajstić information content (AvgIpc) is 2.87. The Balaban J connectivity index is 1.94. The molecule has 6 nitrogen and oxygen atoms in total. The average molecular weight is 315 g/mol. The summed E-state index contributed by atoms with van der Waals surface area (Å²) in [5.41, 5.74) is 2.29. The number of aliphatic carboxylic acids is 1.